The molecule has 0 atom stereocenters. The van der Waals surface area contributed by atoms with Crippen LogP contribution in [-0.4, -0.2) is 46.4 Å². The summed E-state index contributed by atoms with van der Waals surface area (Å²) in [5, 5.41) is 0.0713. The van der Waals surface area contributed by atoms with Crippen molar-refractivity contribution in [1.82, 2.24) is 0 Å². The number of rotatable bonds is 10. The Morgan fingerprint density at radius 3 is 1.28 bits per heavy atom. The molecule has 0 N–H and O–H groups in total. The Labute approximate surface area is 373 Å². The van der Waals surface area contributed by atoms with E-state index in [0.717, 1.165) is 108 Å². The lowest BCUT2D eigenvalue weighted by atomic mass is 9.83. The summed E-state index contributed by atoms with van der Waals surface area (Å²) in [5.74, 6) is 2.18. The Morgan fingerprint density at radius 2 is 0.917 bits per heavy atom. The molecule has 10 heteroatoms. The molecule has 3 heterocycles. The van der Waals surface area contributed by atoms with Crippen LogP contribution < -0.4 is 19.3 Å². The number of hydrogen-bond acceptors (Lipinski definition) is 6. The number of carbonyl (C=O) groups excluding carboxylic acids is 1. The smallest absolute Gasteiger partial charge is 0.341 e. The van der Waals surface area contributed by atoms with E-state index in [1.165, 1.54) is 0 Å². The third kappa shape index (κ3) is 8.37. The standard InChI is InChI=1S/C50H48Cl4N2O4/c1-31-21-25-55(26-22-31)37-13-5-33(6-14-37)41(35-9-17-39(58-3)18-10-35)29-50(44-43(49(57)60-50)45(51)47(53)48(54)46(44)52)30-42(36-11-19-40(59-4)20-12-36)34-7-15-38(16-8-34)56-27-23-32(2)24-28-56/h5-20,29-32H,21-28H2,1-4H3. The van der Waals surface area contributed by atoms with Crippen molar-refractivity contribution in [2.24, 2.45) is 11.8 Å². The molecule has 8 rings (SSSR count). The van der Waals surface area contributed by atoms with Gasteiger partial charge in [0.2, 0.25) is 0 Å². The molecule has 2 saturated heterocycles. The number of anilines is 2. The number of halogens is 4. The first-order valence-corrected chi connectivity index (χ1v) is 22.0. The van der Waals surface area contributed by atoms with E-state index in [1.54, 1.807) is 14.2 Å². The molecule has 0 amide bonds. The second kappa shape index (κ2) is 17.8. The summed E-state index contributed by atoms with van der Waals surface area (Å²) in [6.07, 6.45) is 8.54. The molecule has 0 unspecified atom stereocenters. The van der Waals surface area contributed by atoms with Gasteiger partial charge in [-0.15, -0.1) is 0 Å². The molecule has 2 fully saturated rings. The largest absolute Gasteiger partial charge is 0.497 e. The number of benzene rings is 5. The molecular weight excluding hydrogens is 834 g/mol. The molecule has 60 heavy (non-hydrogen) atoms. The average molecular weight is 883 g/mol. The fourth-order valence-electron chi connectivity index (χ4n) is 8.56. The van der Waals surface area contributed by atoms with Gasteiger partial charge in [0.1, 0.15) is 11.5 Å². The molecule has 6 nitrogen and oxygen atoms in total. The fraction of sp³-hybridized carbons (Fsp3) is 0.300. The average Bonchev–Trinajstić information content (AvgIpc) is 3.57. The first kappa shape index (κ1) is 42.1. The molecule has 0 bridgehead atoms. The lowest BCUT2D eigenvalue weighted by molar-refractivity contribution is 0.0300. The van der Waals surface area contributed by atoms with Gasteiger partial charge in [-0.05, 0) is 132 Å². The van der Waals surface area contributed by atoms with Crippen LogP contribution >= 0.6 is 46.4 Å². The van der Waals surface area contributed by atoms with Gasteiger partial charge in [0.25, 0.3) is 0 Å². The normalized spacial score (nSPS) is 19.0. The summed E-state index contributed by atoms with van der Waals surface area (Å²) >= 11 is 27.6. The molecule has 0 radical (unpaired) electrons. The van der Waals surface area contributed by atoms with Gasteiger partial charge in [0, 0.05) is 43.1 Å². The van der Waals surface area contributed by atoms with Crippen molar-refractivity contribution in [1.29, 1.82) is 0 Å². The second-order valence-corrected chi connectivity index (χ2v) is 17.7. The summed E-state index contributed by atoms with van der Waals surface area (Å²) in [7, 11) is 3.28. The Kier molecular flexibility index (Phi) is 12.5. The Balaban J connectivity index is 1.37. The van der Waals surface area contributed by atoms with Crippen LogP contribution in [0.15, 0.2) is 109 Å². The zero-order chi connectivity index (χ0) is 42.1. The fourth-order valence-corrected chi connectivity index (χ4v) is 9.64. The number of nitrogens with zero attached hydrogens (tertiary/aromatic N) is 2. The zero-order valence-electron chi connectivity index (χ0n) is 34.2. The van der Waals surface area contributed by atoms with E-state index in [2.05, 4.69) is 72.2 Å². The Hall–Kier alpha value is -4.59. The molecule has 0 aliphatic carbocycles. The maximum absolute atomic E-state index is 14.3. The first-order chi connectivity index (χ1) is 29.0. The molecule has 5 aromatic carbocycles. The van der Waals surface area contributed by atoms with Crippen LogP contribution in [0.1, 0.15) is 77.7 Å². The van der Waals surface area contributed by atoms with Gasteiger partial charge < -0.3 is 24.0 Å². The van der Waals surface area contributed by atoms with Crippen LogP contribution in [0.2, 0.25) is 20.1 Å². The monoisotopic (exact) mass is 880 g/mol. The molecule has 3 aliphatic rings. The van der Waals surface area contributed by atoms with Crippen LogP contribution in [0.4, 0.5) is 11.4 Å². The molecule has 0 saturated carbocycles. The van der Waals surface area contributed by atoms with Gasteiger partial charge >= 0.3 is 5.97 Å². The van der Waals surface area contributed by atoms with Crippen molar-refractivity contribution >= 4 is 74.9 Å². The molecule has 5 aromatic rings. The minimum Gasteiger partial charge on any atom is -0.497 e. The van der Waals surface area contributed by atoms with Crippen LogP contribution in [-0.2, 0) is 10.3 Å². The maximum atomic E-state index is 14.3. The summed E-state index contributed by atoms with van der Waals surface area (Å²) in [6.45, 7) is 8.68. The van der Waals surface area contributed by atoms with E-state index in [0.29, 0.717) is 17.1 Å². The number of piperidine rings is 2. The number of cyclic esters (lactones) is 1. The topological polar surface area (TPSA) is 51.2 Å². The van der Waals surface area contributed by atoms with Gasteiger partial charge in [-0.25, -0.2) is 4.79 Å². The van der Waals surface area contributed by atoms with E-state index in [4.69, 9.17) is 60.6 Å². The number of hydrogen-bond donors (Lipinski definition) is 0. The van der Waals surface area contributed by atoms with E-state index in [1.807, 2.05) is 60.7 Å². The molecule has 0 spiro atoms. The van der Waals surface area contributed by atoms with Crippen LogP contribution in [0.3, 0.4) is 0 Å². The number of methoxy groups -OCH3 is 2. The van der Waals surface area contributed by atoms with Crippen molar-refractivity contribution in [2.75, 3.05) is 50.2 Å². The molecule has 0 aromatic heterocycles. The number of esters is 1. The van der Waals surface area contributed by atoms with E-state index in [-0.39, 0.29) is 25.7 Å². The predicted molar refractivity (Wildman–Crippen MR) is 248 cm³/mol. The van der Waals surface area contributed by atoms with Gasteiger partial charge in [0.15, 0.2) is 5.60 Å². The van der Waals surface area contributed by atoms with E-state index in [9.17, 15) is 4.79 Å². The SMILES string of the molecule is COc1ccc(C(=CC2(C=C(c3ccc(OC)cc3)c3ccc(N4CCC(C)CC4)cc3)OC(=O)c3c(Cl)c(Cl)c(Cl)c(Cl)c32)c2ccc(N3CCC(C)CC3)cc2)cc1. The van der Waals surface area contributed by atoms with Crippen molar-refractivity contribution < 1.29 is 19.0 Å². The highest BCUT2D eigenvalue weighted by molar-refractivity contribution is 6.53. The number of fused-ring (bicyclic) bond motifs is 1. The van der Waals surface area contributed by atoms with E-state index < -0.39 is 11.6 Å². The Bertz CT molecular complexity index is 2290. The van der Waals surface area contributed by atoms with E-state index >= 15 is 0 Å². The minimum atomic E-state index is -1.63. The highest BCUT2D eigenvalue weighted by atomic mass is 35.5. The first-order valence-electron chi connectivity index (χ1n) is 20.5. The number of ether oxygens (including phenoxy) is 3. The van der Waals surface area contributed by atoms with Gasteiger partial charge in [-0.1, -0.05) is 109 Å². The molecule has 310 valence electrons. The van der Waals surface area contributed by atoms with Crippen molar-refractivity contribution in [3.8, 4) is 11.5 Å². The number of carbonyl (C=O) groups is 1. The second-order valence-electron chi connectivity index (χ2n) is 16.2. The van der Waals surface area contributed by atoms with Gasteiger partial charge in [-0.2, -0.15) is 0 Å². The third-order valence-electron chi connectivity index (χ3n) is 12.3. The minimum absolute atomic E-state index is 0.0149. The third-order valence-corrected chi connectivity index (χ3v) is 14.1. The summed E-state index contributed by atoms with van der Waals surface area (Å²) < 4.78 is 17.8. The van der Waals surface area contributed by atoms with Crippen molar-refractivity contribution in [3.63, 3.8) is 0 Å². The van der Waals surface area contributed by atoms with Crippen LogP contribution in [0.25, 0.3) is 11.1 Å². The zero-order valence-corrected chi connectivity index (χ0v) is 37.3. The van der Waals surface area contributed by atoms with Gasteiger partial charge in [0.05, 0.1) is 39.9 Å². The molecular formula is C50H48Cl4N2O4. The summed E-state index contributed by atoms with van der Waals surface area (Å²) in [5.41, 5.74) is 6.17. The summed E-state index contributed by atoms with van der Waals surface area (Å²) in [4.78, 5) is 19.2. The Morgan fingerprint density at radius 1 is 0.567 bits per heavy atom. The van der Waals surface area contributed by atoms with Crippen molar-refractivity contribution in [2.45, 2.75) is 45.1 Å². The van der Waals surface area contributed by atoms with Crippen LogP contribution in [0.5, 0.6) is 11.5 Å². The highest BCUT2D eigenvalue weighted by Crippen LogP contribution is 2.54. The lowest BCUT2D eigenvalue weighted by Gasteiger charge is -2.32. The van der Waals surface area contributed by atoms with Crippen LogP contribution in [0, 0.1) is 11.8 Å². The lowest BCUT2D eigenvalue weighted by Crippen LogP contribution is -2.32. The molecule has 3 aliphatic heterocycles. The quantitative estimate of drug-likeness (QED) is 0.0791. The summed E-state index contributed by atoms with van der Waals surface area (Å²) in [6, 6.07) is 32.7. The van der Waals surface area contributed by atoms with Gasteiger partial charge in [-0.3, -0.25) is 0 Å². The predicted octanol–water partition coefficient (Wildman–Crippen LogP) is 13.4. The highest BCUT2D eigenvalue weighted by Gasteiger charge is 2.48. The van der Waals surface area contributed by atoms with Crippen molar-refractivity contribution in [3.05, 3.63) is 163 Å². The maximum Gasteiger partial charge on any atom is 0.341 e.